The van der Waals surface area contributed by atoms with Gasteiger partial charge in [0.15, 0.2) is 0 Å². The molecule has 1 amide bonds. The fourth-order valence-corrected chi connectivity index (χ4v) is 2.73. The summed E-state index contributed by atoms with van der Waals surface area (Å²) in [7, 11) is 0. The Hall–Kier alpha value is -2.19. The highest BCUT2D eigenvalue weighted by molar-refractivity contribution is 5.68. The van der Waals surface area contributed by atoms with Crippen LogP contribution in [0, 0.1) is 0 Å². The van der Waals surface area contributed by atoms with E-state index >= 15 is 0 Å². The van der Waals surface area contributed by atoms with Gasteiger partial charge >= 0.3 is 12.5 Å². The van der Waals surface area contributed by atoms with Crippen LogP contribution in [-0.2, 0) is 4.74 Å². The number of nitrogens with one attached hydrogen (secondary N) is 2. The van der Waals surface area contributed by atoms with E-state index in [2.05, 4.69) is 20.4 Å². The lowest BCUT2D eigenvalue weighted by Gasteiger charge is -2.30. The molecule has 2 N–H and O–H groups in total. The van der Waals surface area contributed by atoms with Crippen LogP contribution in [0.5, 0.6) is 5.75 Å². The maximum Gasteiger partial charge on any atom is 0.573 e. The topological polar surface area (TPSA) is 72.5 Å². The number of anilines is 1. The molecule has 0 atom stereocenters. The molecule has 0 aliphatic heterocycles. The minimum atomic E-state index is -4.73. The maximum atomic E-state index is 12.1. The molecule has 1 aliphatic rings. The summed E-state index contributed by atoms with van der Waals surface area (Å²) in [5.41, 5.74) is -0.531. The summed E-state index contributed by atoms with van der Waals surface area (Å²) in [6.45, 7) is 5.43. The molecule has 9 heteroatoms. The minimum Gasteiger partial charge on any atom is -0.444 e. The van der Waals surface area contributed by atoms with Crippen molar-refractivity contribution >= 4 is 11.9 Å². The molecule has 1 aliphatic carbocycles. The number of amides is 1. The number of carbonyl (C=O) groups is 1. The SMILES string of the molecule is CC(C)(C)OC(=O)NC1CCC(Nc2ccc(OC(F)(F)F)cn2)CC1. The van der Waals surface area contributed by atoms with Gasteiger partial charge in [-0.3, -0.25) is 0 Å². The van der Waals surface area contributed by atoms with E-state index in [0.29, 0.717) is 5.82 Å². The second kappa shape index (κ2) is 8.01. The highest BCUT2D eigenvalue weighted by Crippen LogP contribution is 2.25. The molecule has 1 saturated carbocycles. The van der Waals surface area contributed by atoms with Crippen molar-refractivity contribution in [3.63, 3.8) is 0 Å². The van der Waals surface area contributed by atoms with Gasteiger partial charge < -0.3 is 20.1 Å². The Labute approximate surface area is 150 Å². The molecule has 26 heavy (non-hydrogen) atoms. The Morgan fingerprint density at radius 1 is 1.12 bits per heavy atom. The van der Waals surface area contributed by atoms with Crippen molar-refractivity contribution in [3.8, 4) is 5.75 Å². The Balaban J connectivity index is 1.75. The third-order valence-electron chi connectivity index (χ3n) is 3.77. The zero-order valence-corrected chi connectivity index (χ0v) is 15.0. The fraction of sp³-hybridized carbons (Fsp3) is 0.647. The molecule has 0 bridgehead atoms. The van der Waals surface area contributed by atoms with E-state index in [-0.39, 0.29) is 17.8 Å². The number of nitrogens with zero attached hydrogens (tertiary/aromatic N) is 1. The molecule has 1 aromatic heterocycles. The van der Waals surface area contributed by atoms with Crippen molar-refractivity contribution in [2.45, 2.75) is 70.5 Å². The lowest BCUT2D eigenvalue weighted by atomic mass is 9.91. The monoisotopic (exact) mass is 375 g/mol. The van der Waals surface area contributed by atoms with Crippen LogP contribution in [-0.4, -0.2) is 35.1 Å². The van der Waals surface area contributed by atoms with Gasteiger partial charge in [-0.25, -0.2) is 9.78 Å². The van der Waals surface area contributed by atoms with E-state index in [9.17, 15) is 18.0 Å². The zero-order chi connectivity index (χ0) is 19.4. The smallest absolute Gasteiger partial charge is 0.444 e. The first-order valence-corrected chi connectivity index (χ1v) is 8.48. The average Bonchev–Trinajstić information content (AvgIpc) is 2.48. The molecule has 0 spiro atoms. The first-order valence-electron chi connectivity index (χ1n) is 8.48. The number of hydrogen-bond acceptors (Lipinski definition) is 5. The van der Waals surface area contributed by atoms with Crippen LogP contribution in [0.2, 0.25) is 0 Å². The molecule has 146 valence electrons. The summed E-state index contributed by atoms with van der Waals surface area (Å²) in [5, 5.41) is 6.05. The molecule has 0 radical (unpaired) electrons. The number of alkyl carbamates (subject to hydrolysis) is 1. The zero-order valence-electron chi connectivity index (χ0n) is 15.0. The summed E-state index contributed by atoms with van der Waals surface area (Å²) in [6, 6.07) is 2.87. The number of pyridine rings is 1. The van der Waals surface area contributed by atoms with Gasteiger partial charge in [0.25, 0.3) is 0 Å². The Kier molecular flexibility index (Phi) is 6.20. The molecule has 0 saturated heterocycles. The number of alkyl halides is 3. The summed E-state index contributed by atoms with van der Waals surface area (Å²) in [5.74, 6) is 0.136. The Morgan fingerprint density at radius 3 is 2.23 bits per heavy atom. The number of halogens is 3. The van der Waals surface area contributed by atoms with Gasteiger partial charge in [0.2, 0.25) is 0 Å². The first-order chi connectivity index (χ1) is 12.0. The Bertz CT molecular complexity index is 592. The van der Waals surface area contributed by atoms with Gasteiger partial charge in [0, 0.05) is 12.1 Å². The van der Waals surface area contributed by atoms with Crippen molar-refractivity contribution in [2.24, 2.45) is 0 Å². The second-order valence-corrected chi connectivity index (χ2v) is 7.27. The number of hydrogen-bond donors (Lipinski definition) is 2. The van der Waals surface area contributed by atoms with Crippen LogP contribution in [0.1, 0.15) is 46.5 Å². The van der Waals surface area contributed by atoms with Crippen molar-refractivity contribution in [2.75, 3.05) is 5.32 Å². The highest BCUT2D eigenvalue weighted by Gasteiger charge is 2.31. The predicted molar refractivity (Wildman–Crippen MR) is 90.0 cm³/mol. The van der Waals surface area contributed by atoms with E-state index in [1.54, 1.807) is 0 Å². The molecule has 1 heterocycles. The summed E-state index contributed by atoms with van der Waals surface area (Å²) in [4.78, 5) is 15.7. The average molecular weight is 375 g/mol. The summed E-state index contributed by atoms with van der Waals surface area (Å²) < 4.78 is 45.4. The van der Waals surface area contributed by atoms with Crippen LogP contribution in [0.15, 0.2) is 18.3 Å². The van der Waals surface area contributed by atoms with Gasteiger partial charge in [-0.1, -0.05) is 0 Å². The normalized spacial score (nSPS) is 21.0. The molecule has 0 aromatic carbocycles. The molecule has 0 unspecified atom stereocenters. The van der Waals surface area contributed by atoms with Gasteiger partial charge in [0.05, 0.1) is 6.20 Å². The molecular formula is C17H24F3N3O3. The number of aromatic nitrogens is 1. The largest absolute Gasteiger partial charge is 0.573 e. The number of ether oxygens (including phenoxy) is 2. The van der Waals surface area contributed by atoms with Crippen LogP contribution in [0.3, 0.4) is 0 Å². The number of carbonyl (C=O) groups excluding carboxylic acids is 1. The van der Waals surface area contributed by atoms with E-state index in [4.69, 9.17) is 4.74 Å². The standard InChI is InChI=1S/C17H24F3N3O3/c1-16(2,3)26-15(24)23-12-6-4-11(5-7-12)22-14-9-8-13(10-21-14)25-17(18,19)20/h8-12H,4-7H2,1-3H3,(H,21,22)(H,23,24). The quantitative estimate of drug-likeness (QED) is 0.824. The van der Waals surface area contributed by atoms with Crippen LogP contribution < -0.4 is 15.4 Å². The molecule has 1 aromatic rings. The second-order valence-electron chi connectivity index (χ2n) is 7.27. The minimum absolute atomic E-state index is 0.0541. The van der Waals surface area contributed by atoms with Gasteiger partial charge in [-0.2, -0.15) is 0 Å². The Morgan fingerprint density at radius 2 is 1.73 bits per heavy atom. The van der Waals surface area contributed by atoms with Crippen molar-refractivity contribution < 1.29 is 27.4 Å². The van der Waals surface area contributed by atoms with Gasteiger partial charge in [-0.15, -0.1) is 13.2 Å². The predicted octanol–water partition coefficient (Wildman–Crippen LogP) is 4.23. The third kappa shape index (κ3) is 7.37. The van der Waals surface area contributed by atoms with Crippen molar-refractivity contribution in [3.05, 3.63) is 18.3 Å². The molecule has 6 nitrogen and oxygen atoms in total. The van der Waals surface area contributed by atoms with Gasteiger partial charge in [-0.05, 0) is 58.6 Å². The lowest BCUT2D eigenvalue weighted by molar-refractivity contribution is -0.274. The van der Waals surface area contributed by atoms with Crippen LogP contribution >= 0.6 is 0 Å². The first kappa shape index (κ1) is 20.1. The van der Waals surface area contributed by atoms with Crippen LogP contribution in [0.4, 0.5) is 23.8 Å². The van der Waals surface area contributed by atoms with Crippen LogP contribution in [0.25, 0.3) is 0 Å². The number of rotatable bonds is 4. The van der Waals surface area contributed by atoms with Crippen molar-refractivity contribution in [1.29, 1.82) is 0 Å². The van der Waals surface area contributed by atoms with E-state index < -0.39 is 18.1 Å². The van der Waals surface area contributed by atoms with E-state index in [1.165, 1.54) is 12.1 Å². The fourth-order valence-electron chi connectivity index (χ4n) is 2.73. The van der Waals surface area contributed by atoms with E-state index in [0.717, 1.165) is 31.9 Å². The molecule has 1 fully saturated rings. The summed E-state index contributed by atoms with van der Waals surface area (Å²) >= 11 is 0. The molecular weight excluding hydrogens is 351 g/mol. The maximum absolute atomic E-state index is 12.1. The lowest BCUT2D eigenvalue weighted by Crippen LogP contribution is -2.42. The van der Waals surface area contributed by atoms with Crippen molar-refractivity contribution in [1.82, 2.24) is 10.3 Å². The van der Waals surface area contributed by atoms with E-state index in [1.807, 2.05) is 20.8 Å². The third-order valence-corrected chi connectivity index (χ3v) is 3.77. The summed E-state index contributed by atoms with van der Waals surface area (Å²) in [6.07, 6.45) is -0.929. The van der Waals surface area contributed by atoms with Gasteiger partial charge in [0.1, 0.15) is 17.2 Å². The highest BCUT2D eigenvalue weighted by atomic mass is 19.4. The molecule has 2 rings (SSSR count).